The zero-order valence-corrected chi connectivity index (χ0v) is 14.3. The van der Waals surface area contributed by atoms with E-state index in [0.29, 0.717) is 11.8 Å². The molecule has 0 amide bonds. The molecule has 2 aliphatic rings. The fourth-order valence-electron chi connectivity index (χ4n) is 4.04. The van der Waals surface area contributed by atoms with Gasteiger partial charge in [-0.25, -0.2) is 0 Å². The third-order valence-electron chi connectivity index (χ3n) is 5.46. The van der Waals surface area contributed by atoms with E-state index in [9.17, 15) is 9.59 Å². The van der Waals surface area contributed by atoms with Gasteiger partial charge in [0.15, 0.2) is 0 Å². The first-order valence-corrected chi connectivity index (χ1v) is 9.30. The van der Waals surface area contributed by atoms with Crippen LogP contribution < -0.4 is 0 Å². The van der Waals surface area contributed by atoms with E-state index < -0.39 is 0 Å². The summed E-state index contributed by atoms with van der Waals surface area (Å²) in [4.78, 5) is 24.0. The van der Waals surface area contributed by atoms with Crippen molar-refractivity contribution in [2.75, 3.05) is 0 Å². The van der Waals surface area contributed by atoms with Crippen molar-refractivity contribution in [3.8, 4) is 0 Å². The second-order valence-electron chi connectivity index (χ2n) is 7.55. The van der Waals surface area contributed by atoms with Crippen molar-refractivity contribution in [3.63, 3.8) is 0 Å². The Labute approximate surface area is 135 Å². The Hall–Kier alpha value is -0.860. The zero-order chi connectivity index (χ0) is 15.9. The van der Waals surface area contributed by atoms with Gasteiger partial charge < -0.3 is 4.74 Å². The van der Waals surface area contributed by atoms with Crippen LogP contribution in [0.15, 0.2) is 0 Å². The van der Waals surface area contributed by atoms with Crippen LogP contribution in [0.1, 0.15) is 84.5 Å². The van der Waals surface area contributed by atoms with Crippen LogP contribution in [-0.4, -0.2) is 17.9 Å². The van der Waals surface area contributed by atoms with Crippen molar-refractivity contribution in [3.05, 3.63) is 0 Å². The number of carbonyl (C=O) groups is 2. The van der Waals surface area contributed by atoms with Gasteiger partial charge in [-0.2, -0.15) is 0 Å². The number of carbonyl (C=O) groups excluding carboxylic acids is 2. The van der Waals surface area contributed by atoms with E-state index in [-0.39, 0.29) is 30.2 Å². The van der Waals surface area contributed by atoms with Crippen LogP contribution in [0, 0.1) is 17.8 Å². The average molecular weight is 308 g/mol. The molecule has 126 valence electrons. The zero-order valence-electron chi connectivity index (χ0n) is 14.3. The van der Waals surface area contributed by atoms with Gasteiger partial charge in [-0.05, 0) is 37.5 Å². The highest BCUT2D eigenvalue weighted by Gasteiger charge is 2.34. The maximum atomic E-state index is 12.2. The summed E-state index contributed by atoms with van der Waals surface area (Å²) in [6, 6.07) is 0. The minimum Gasteiger partial charge on any atom is -0.461 e. The Kier molecular flexibility index (Phi) is 6.91. The molecule has 22 heavy (non-hydrogen) atoms. The van der Waals surface area contributed by atoms with Gasteiger partial charge in [0.2, 0.25) is 0 Å². The standard InChI is InChI=1S/C19H32O3/c1-14(2)17(20)13-18(21)22-19(15-9-5-3-6-10-15)16-11-7-4-8-12-16/h14-16,19H,3-13H2,1-2H3. The monoisotopic (exact) mass is 308 g/mol. The maximum absolute atomic E-state index is 12.2. The van der Waals surface area contributed by atoms with Crippen LogP contribution in [0.3, 0.4) is 0 Å². The van der Waals surface area contributed by atoms with Crippen LogP contribution in [0.5, 0.6) is 0 Å². The van der Waals surface area contributed by atoms with Crippen molar-refractivity contribution < 1.29 is 14.3 Å². The number of rotatable bonds is 6. The smallest absolute Gasteiger partial charge is 0.313 e. The molecular weight excluding hydrogens is 276 g/mol. The van der Waals surface area contributed by atoms with Crippen LogP contribution >= 0.6 is 0 Å². The fourth-order valence-corrected chi connectivity index (χ4v) is 4.04. The molecule has 2 aliphatic carbocycles. The summed E-state index contributed by atoms with van der Waals surface area (Å²) in [6.45, 7) is 3.69. The molecule has 0 radical (unpaired) electrons. The maximum Gasteiger partial charge on any atom is 0.313 e. The summed E-state index contributed by atoms with van der Waals surface area (Å²) in [5.41, 5.74) is 0. The van der Waals surface area contributed by atoms with E-state index in [1.807, 2.05) is 13.8 Å². The fraction of sp³-hybridized carbons (Fsp3) is 0.895. The van der Waals surface area contributed by atoms with Gasteiger partial charge in [-0.15, -0.1) is 0 Å². The van der Waals surface area contributed by atoms with Crippen molar-refractivity contribution in [2.24, 2.45) is 17.8 Å². The molecule has 0 aromatic rings. The van der Waals surface area contributed by atoms with Crippen LogP contribution in [0.25, 0.3) is 0 Å². The first-order chi connectivity index (χ1) is 10.6. The lowest BCUT2D eigenvalue weighted by Crippen LogP contribution is -2.37. The van der Waals surface area contributed by atoms with Crippen LogP contribution in [0.4, 0.5) is 0 Å². The average Bonchev–Trinajstić information content (AvgIpc) is 2.54. The summed E-state index contributed by atoms with van der Waals surface area (Å²) in [6.07, 6.45) is 12.4. The molecule has 0 bridgehead atoms. The lowest BCUT2D eigenvalue weighted by molar-refractivity contribution is -0.159. The van der Waals surface area contributed by atoms with Gasteiger partial charge >= 0.3 is 5.97 Å². The van der Waals surface area contributed by atoms with E-state index in [0.717, 1.165) is 0 Å². The minimum atomic E-state index is -0.292. The number of hydrogen-bond acceptors (Lipinski definition) is 3. The first kappa shape index (κ1) is 17.5. The molecule has 2 saturated carbocycles. The second-order valence-corrected chi connectivity index (χ2v) is 7.55. The van der Waals surface area contributed by atoms with Crippen molar-refractivity contribution in [2.45, 2.75) is 90.6 Å². The third-order valence-corrected chi connectivity index (χ3v) is 5.46. The molecule has 0 aromatic heterocycles. The largest absolute Gasteiger partial charge is 0.461 e. The van der Waals surface area contributed by atoms with Gasteiger partial charge in [-0.1, -0.05) is 52.4 Å². The second kappa shape index (κ2) is 8.69. The van der Waals surface area contributed by atoms with Crippen LogP contribution in [-0.2, 0) is 14.3 Å². The Balaban J connectivity index is 1.96. The Morgan fingerprint density at radius 3 is 1.73 bits per heavy atom. The number of ether oxygens (including phenoxy) is 1. The van der Waals surface area contributed by atoms with Crippen molar-refractivity contribution >= 4 is 11.8 Å². The normalized spacial score (nSPS) is 21.3. The number of esters is 1. The highest BCUT2D eigenvalue weighted by Crippen LogP contribution is 2.37. The number of hydrogen-bond donors (Lipinski definition) is 0. The SMILES string of the molecule is CC(C)C(=O)CC(=O)OC(C1CCCCC1)C1CCCCC1. The van der Waals surface area contributed by atoms with Gasteiger partial charge in [0.25, 0.3) is 0 Å². The third kappa shape index (κ3) is 5.10. The molecule has 0 heterocycles. The minimum absolute atomic E-state index is 0.00367. The molecule has 3 heteroatoms. The summed E-state index contributed by atoms with van der Waals surface area (Å²) in [5, 5.41) is 0. The van der Waals surface area contributed by atoms with E-state index in [2.05, 4.69) is 0 Å². The van der Waals surface area contributed by atoms with E-state index in [1.54, 1.807) is 0 Å². The molecule has 0 aromatic carbocycles. The highest BCUT2D eigenvalue weighted by atomic mass is 16.5. The molecule has 0 atom stereocenters. The van der Waals surface area contributed by atoms with Gasteiger partial charge in [-0.3, -0.25) is 9.59 Å². The predicted molar refractivity (Wildman–Crippen MR) is 87.5 cm³/mol. The molecular formula is C19H32O3. The number of ketones is 1. The highest BCUT2D eigenvalue weighted by molar-refractivity contribution is 5.96. The summed E-state index contributed by atoms with van der Waals surface area (Å²) < 4.78 is 5.89. The summed E-state index contributed by atoms with van der Waals surface area (Å²) in [7, 11) is 0. The van der Waals surface area contributed by atoms with Crippen molar-refractivity contribution in [1.29, 1.82) is 0 Å². The molecule has 0 unspecified atom stereocenters. The van der Waals surface area contributed by atoms with Gasteiger partial charge in [0.1, 0.15) is 18.3 Å². The molecule has 3 nitrogen and oxygen atoms in total. The van der Waals surface area contributed by atoms with Crippen LogP contribution in [0.2, 0.25) is 0 Å². The summed E-state index contributed by atoms with van der Waals surface area (Å²) in [5.74, 6) is 0.663. The van der Waals surface area contributed by atoms with Gasteiger partial charge in [0, 0.05) is 5.92 Å². The molecule has 0 N–H and O–H groups in total. The predicted octanol–water partition coefficient (Wildman–Crippen LogP) is 4.67. The molecule has 0 spiro atoms. The summed E-state index contributed by atoms with van der Waals surface area (Å²) >= 11 is 0. The molecule has 2 fully saturated rings. The Bertz CT molecular complexity index is 345. The lowest BCUT2D eigenvalue weighted by Gasteiger charge is -2.37. The van der Waals surface area contributed by atoms with E-state index in [1.165, 1.54) is 64.2 Å². The Morgan fingerprint density at radius 2 is 1.32 bits per heavy atom. The Morgan fingerprint density at radius 1 is 0.864 bits per heavy atom. The quantitative estimate of drug-likeness (QED) is 0.529. The molecule has 0 aliphatic heterocycles. The van der Waals surface area contributed by atoms with Gasteiger partial charge in [0.05, 0.1) is 0 Å². The number of Topliss-reactive ketones (excluding diaryl/α,β-unsaturated/α-hetero) is 1. The molecule has 2 rings (SSSR count). The topological polar surface area (TPSA) is 43.4 Å². The van der Waals surface area contributed by atoms with E-state index >= 15 is 0 Å². The molecule has 0 saturated heterocycles. The first-order valence-electron chi connectivity index (χ1n) is 9.30. The lowest BCUT2D eigenvalue weighted by atomic mass is 9.75. The van der Waals surface area contributed by atoms with E-state index in [4.69, 9.17) is 4.74 Å². The van der Waals surface area contributed by atoms with Crippen molar-refractivity contribution in [1.82, 2.24) is 0 Å².